The van der Waals surface area contributed by atoms with Crippen molar-refractivity contribution < 1.29 is 17.6 Å². The molecule has 0 aliphatic carbocycles. The summed E-state index contributed by atoms with van der Waals surface area (Å²) < 4.78 is 51.7. The van der Waals surface area contributed by atoms with E-state index in [0.717, 1.165) is 23.4 Å². The molecule has 0 saturated carbocycles. The van der Waals surface area contributed by atoms with Crippen LogP contribution in [0.2, 0.25) is 0 Å². The van der Waals surface area contributed by atoms with Crippen LogP contribution >= 0.6 is 0 Å². The van der Waals surface area contributed by atoms with Crippen molar-refractivity contribution >= 4 is 5.69 Å². The quantitative estimate of drug-likeness (QED) is 0.758. The van der Waals surface area contributed by atoms with Crippen LogP contribution in [0.15, 0.2) is 42.5 Å². The number of hydrogen-bond donors (Lipinski definition) is 1. The minimum Gasteiger partial charge on any atom is -0.384 e. The van der Waals surface area contributed by atoms with Crippen LogP contribution < -0.4 is 5.32 Å². The first-order valence-corrected chi connectivity index (χ1v) is 6.63. The fraction of sp³-hybridized carbons (Fsp3) is 0.250. The Bertz CT molecular complexity index is 664. The number of rotatable bonds is 1. The third kappa shape index (κ3) is 2.73. The van der Waals surface area contributed by atoms with Crippen molar-refractivity contribution in [3.05, 3.63) is 65.0 Å². The summed E-state index contributed by atoms with van der Waals surface area (Å²) in [5, 5.41) is 3.21. The van der Waals surface area contributed by atoms with Gasteiger partial charge in [-0.2, -0.15) is 13.2 Å². The minimum absolute atomic E-state index is 0.0957. The summed E-state index contributed by atoms with van der Waals surface area (Å²) in [6, 6.07) is 11.0. The van der Waals surface area contributed by atoms with Crippen LogP contribution in [-0.4, -0.2) is 6.54 Å². The predicted octanol–water partition coefficient (Wildman–Crippen LogP) is 4.60. The molecule has 110 valence electrons. The molecule has 1 heterocycles. The first kappa shape index (κ1) is 13.9. The van der Waals surface area contributed by atoms with E-state index in [1.54, 1.807) is 0 Å². The van der Waals surface area contributed by atoms with Crippen LogP contribution in [0.1, 0.15) is 22.6 Å². The zero-order valence-electron chi connectivity index (χ0n) is 11.0. The van der Waals surface area contributed by atoms with Gasteiger partial charge in [-0.3, -0.25) is 0 Å². The fourth-order valence-corrected chi connectivity index (χ4v) is 2.69. The molecule has 1 aliphatic heterocycles. The number of alkyl halides is 3. The molecule has 1 aliphatic rings. The molecule has 21 heavy (non-hydrogen) atoms. The molecule has 1 atom stereocenters. The number of nitrogens with one attached hydrogen (secondary N) is 1. The van der Waals surface area contributed by atoms with Gasteiger partial charge in [0, 0.05) is 18.2 Å². The second kappa shape index (κ2) is 5.06. The average Bonchev–Trinajstić information content (AvgIpc) is 2.46. The van der Waals surface area contributed by atoms with Gasteiger partial charge < -0.3 is 5.32 Å². The van der Waals surface area contributed by atoms with Gasteiger partial charge in [0.05, 0.1) is 5.56 Å². The zero-order valence-corrected chi connectivity index (χ0v) is 11.0. The highest BCUT2D eigenvalue weighted by atomic mass is 19.4. The largest absolute Gasteiger partial charge is 0.419 e. The Balaban J connectivity index is 1.92. The lowest BCUT2D eigenvalue weighted by Gasteiger charge is -2.27. The van der Waals surface area contributed by atoms with E-state index >= 15 is 0 Å². The maximum atomic E-state index is 13.3. The van der Waals surface area contributed by atoms with Crippen molar-refractivity contribution in [2.45, 2.75) is 18.5 Å². The van der Waals surface area contributed by atoms with Gasteiger partial charge in [0.15, 0.2) is 0 Å². The number of anilines is 1. The van der Waals surface area contributed by atoms with Crippen LogP contribution in [0.4, 0.5) is 23.2 Å². The first-order chi connectivity index (χ1) is 9.95. The third-order valence-electron chi connectivity index (χ3n) is 3.79. The molecule has 0 bridgehead atoms. The van der Waals surface area contributed by atoms with Gasteiger partial charge in [0.2, 0.25) is 0 Å². The van der Waals surface area contributed by atoms with Crippen LogP contribution in [0, 0.1) is 5.82 Å². The Morgan fingerprint density at radius 3 is 2.57 bits per heavy atom. The van der Waals surface area contributed by atoms with E-state index in [1.165, 1.54) is 6.07 Å². The van der Waals surface area contributed by atoms with E-state index in [1.807, 2.05) is 24.3 Å². The molecule has 3 rings (SSSR count). The molecule has 1 unspecified atom stereocenters. The summed E-state index contributed by atoms with van der Waals surface area (Å²) in [4.78, 5) is 0. The number of fused-ring (bicyclic) bond motifs is 1. The topological polar surface area (TPSA) is 12.0 Å². The lowest BCUT2D eigenvalue weighted by atomic mass is 9.87. The summed E-state index contributed by atoms with van der Waals surface area (Å²) in [7, 11) is 0. The van der Waals surface area contributed by atoms with Crippen molar-refractivity contribution in [1.29, 1.82) is 0 Å². The van der Waals surface area contributed by atoms with Gasteiger partial charge in [-0.15, -0.1) is 0 Å². The number of para-hydroxylation sites is 1. The van der Waals surface area contributed by atoms with E-state index in [0.29, 0.717) is 18.5 Å². The van der Waals surface area contributed by atoms with E-state index in [4.69, 9.17) is 0 Å². The highest BCUT2D eigenvalue weighted by molar-refractivity contribution is 5.54. The maximum absolute atomic E-state index is 13.3. The van der Waals surface area contributed by atoms with Crippen molar-refractivity contribution in [1.82, 2.24) is 0 Å². The van der Waals surface area contributed by atoms with Crippen molar-refractivity contribution in [3.8, 4) is 0 Å². The highest BCUT2D eigenvalue weighted by Gasteiger charge is 2.35. The normalized spacial score (nSPS) is 18.0. The number of hydrogen-bond acceptors (Lipinski definition) is 1. The second-order valence-electron chi connectivity index (χ2n) is 5.18. The molecule has 0 spiro atoms. The smallest absolute Gasteiger partial charge is 0.384 e. The molecule has 1 nitrogen and oxygen atoms in total. The van der Waals surface area contributed by atoms with E-state index in [-0.39, 0.29) is 5.92 Å². The van der Waals surface area contributed by atoms with Crippen LogP contribution in [0.3, 0.4) is 0 Å². The molecule has 2 aromatic rings. The molecule has 1 N–H and O–H groups in total. The SMILES string of the molecule is Fc1ccc(C2CNc3ccccc3C2)cc1C(F)(F)F. The van der Waals surface area contributed by atoms with E-state index < -0.39 is 17.6 Å². The highest BCUT2D eigenvalue weighted by Crippen LogP contribution is 2.35. The molecule has 0 amide bonds. The summed E-state index contributed by atoms with van der Waals surface area (Å²) >= 11 is 0. The van der Waals surface area contributed by atoms with Crippen LogP contribution in [0.5, 0.6) is 0 Å². The molecule has 0 saturated heterocycles. The molecule has 0 aromatic heterocycles. The Morgan fingerprint density at radius 2 is 1.81 bits per heavy atom. The van der Waals surface area contributed by atoms with Gasteiger partial charge >= 0.3 is 6.18 Å². The Hall–Kier alpha value is -2.04. The van der Waals surface area contributed by atoms with Crippen LogP contribution in [0.25, 0.3) is 0 Å². The molecular formula is C16H13F4N. The average molecular weight is 295 g/mol. The molecule has 0 radical (unpaired) electrons. The minimum atomic E-state index is -4.67. The zero-order chi connectivity index (χ0) is 15.0. The van der Waals surface area contributed by atoms with Crippen molar-refractivity contribution in [3.63, 3.8) is 0 Å². The standard InChI is InChI=1S/C16H13F4N/c17-14-6-5-10(8-13(14)16(18,19)20)12-7-11-3-1-2-4-15(11)21-9-12/h1-6,8,12,21H,7,9H2. The molecular weight excluding hydrogens is 282 g/mol. The maximum Gasteiger partial charge on any atom is 0.419 e. The van der Waals surface area contributed by atoms with Crippen molar-refractivity contribution in [2.75, 3.05) is 11.9 Å². The van der Waals surface area contributed by atoms with Crippen LogP contribution in [-0.2, 0) is 12.6 Å². The lowest BCUT2D eigenvalue weighted by Crippen LogP contribution is -2.22. The summed E-state index contributed by atoms with van der Waals surface area (Å²) in [5.41, 5.74) is 1.38. The first-order valence-electron chi connectivity index (χ1n) is 6.63. The summed E-state index contributed by atoms with van der Waals surface area (Å²) in [6.45, 7) is 0.542. The Morgan fingerprint density at radius 1 is 1.05 bits per heavy atom. The monoisotopic (exact) mass is 295 g/mol. The Labute approximate surface area is 119 Å². The predicted molar refractivity (Wildman–Crippen MR) is 72.8 cm³/mol. The van der Waals surface area contributed by atoms with Crippen molar-refractivity contribution in [2.24, 2.45) is 0 Å². The number of halogens is 4. The van der Waals surface area contributed by atoms with Gasteiger partial charge in [-0.1, -0.05) is 24.3 Å². The second-order valence-corrected chi connectivity index (χ2v) is 5.18. The Kier molecular flexibility index (Phi) is 3.35. The third-order valence-corrected chi connectivity index (χ3v) is 3.79. The van der Waals surface area contributed by atoms with Gasteiger partial charge in [-0.05, 0) is 35.7 Å². The van der Waals surface area contributed by atoms with Gasteiger partial charge in [0.1, 0.15) is 5.82 Å². The van der Waals surface area contributed by atoms with Gasteiger partial charge in [-0.25, -0.2) is 4.39 Å². The van der Waals surface area contributed by atoms with E-state index in [2.05, 4.69) is 5.32 Å². The fourth-order valence-electron chi connectivity index (χ4n) is 2.69. The summed E-state index contributed by atoms with van der Waals surface area (Å²) in [5.74, 6) is -1.32. The lowest BCUT2D eigenvalue weighted by molar-refractivity contribution is -0.140. The van der Waals surface area contributed by atoms with E-state index in [9.17, 15) is 17.6 Å². The number of benzene rings is 2. The molecule has 0 fully saturated rings. The molecule has 2 aromatic carbocycles. The van der Waals surface area contributed by atoms with Gasteiger partial charge in [0.25, 0.3) is 0 Å². The molecule has 5 heteroatoms. The summed E-state index contributed by atoms with van der Waals surface area (Å²) in [6.07, 6.45) is -4.02.